The van der Waals surface area contributed by atoms with Crippen molar-refractivity contribution in [3.63, 3.8) is 0 Å². The second-order valence-corrected chi connectivity index (χ2v) is 5.14. The second kappa shape index (κ2) is 3.18. The Labute approximate surface area is 72.9 Å². The smallest absolute Gasteiger partial charge is 0.151 e. The van der Waals surface area contributed by atoms with Gasteiger partial charge in [0, 0.05) is 5.92 Å². The zero-order chi connectivity index (χ0) is 8.48. The first-order chi connectivity index (χ1) is 5.08. The van der Waals surface area contributed by atoms with Crippen molar-refractivity contribution < 1.29 is 4.79 Å². The number of ketones is 1. The molecule has 0 aromatic rings. The molecule has 0 atom stereocenters. The van der Waals surface area contributed by atoms with Crippen molar-refractivity contribution in [2.45, 2.75) is 37.9 Å². The van der Waals surface area contributed by atoms with E-state index < -0.39 is 0 Å². The van der Waals surface area contributed by atoms with Gasteiger partial charge in [-0.3, -0.25) is 4.79 Å². The number of hydrogen-bond acceptors (Lipinski definition) is 2. The molecule has 0 heterocycles. The molecule has 0 aliphatic heterocycles. The summed E-state index contributed by atoms with van der Waals surface area (Å²) >= 11 is 1.66. The number of hydrogen-bond donors (Lipinski definition) is 0. The topological polar surface area (TPSA) is 17.1 Å². The third kappa shape index (κ3) is 1.78. The van der Waals surface area contributed by atoms with E-state index in [2.05, 4.69) is 0 Å². The average Bonchev–Trinajstić information content (AvgIpc) is 1.84. The molecule has 0 unspecified atom stereocenters. The SMILES string of the molecule is CSC(C)(C)C(=O)C1CCC1. The molecule has 64 valence electrons. The van der Waals surface area contributed by atoms with E-state index in [0.29, 0.717) is 11.7 Å². The first-order valence-corrected chi connectivity index (χ1v) is 5.40. The van der Waals surface area contributed by atoms with Crippen molar-refractivity contribution in [2.75, 3.05) is 6.26 Å². The van der Waals surface area contributed by atoms with Crippen LogP contribution in [0.3, 0.4) is 0 Å². The first-order valence-electron chi connectivity index (χ1n) is 4.17. The Hall–Kier alpha value is 0.0200. The summed E-state index contributed by atoms with van der Waals surface area (Å²) in [7, 11) is 0. The van der Waals surface area contributed by atoms with E-state index in [4.69, 9.17) is 0 Å². The number of rotatable bonds is 3. The molecule has 1 rings (SSSR count). The van der Waals surface area contributed by atoms with E-state index in [1.165, 1.54) is 6.42 Å². The van der Waals surface area contributed by atoms with Crippen LogP contribution in [0.2, 0.25) is 0 Å². The fourth-order valence-electron chi connectivity index (χ4n) is 1.26. The van der Waals surface area contributed by atoms with Gasteiger partial charge in [-0.15, -0.1) is 0 Å². The fourth-order valence-corrected chi connectivity index (χ4v) is 1.63. The van der Waals surface area contributed by atoms with Crippen LogP contribution < -0.4 is 0 Å². The number of carbonyl (C=O) groups excluding carboxylic acids is 1. The Morgan fingerprint density at radius 1 is 1.45 bits per heavy atom. The maximum atomic E-state index is 11.7. The zero-order valence-corrected chi connectivity index (χ0v) is 8.33. The minimum atomic E-state index is -0.148. The number of thioether (sulfide) groups is 1. The van der Waals surface area contributed by atoms with E-state index in [9.17, 15) is 4.79 Å². The minimum Gasteiger partial charge on any atom is -0.298 e. The van der Waals surface area contributed by atoms with Crippen LogP contribution in [-0.2, 0) is 4.79 Å². The van der Waals surface area contributed by atoms with Crippen molar-refractivity contribution in [2.24, 2.45) is 5.92 Å². The molecule has 0 bridgehead atoms. The van der Waals surface area contributed by atoms with Gasteiger partial charge in [0.05, 0.1) is 4.75 Å². The highest BCUT2D eigenvalue weighted by Gasteiger charge is 2.35. The highest BCUT2D eigenvalue weighted by atomic mass is 32.2. The molecule has 0 radical (unpaired) electrons. The summed E-state index contributed by atoms with van der Waals surface area (Å²) in [5.41, 5.74) is 0. The summed E-state index contributed by atoms with van der Waals surface area (Å²) in [6.45, 7) is 4.05. The highest BCUT2D eigenvalue weighted by molar-refractivity contribution is 8.00. The molecule has 0 aromatic carbocycles. The van der Waals surface area contributed by atoms with Gasteiger partial charge >= 0.3 is 0 Å². The monoisotopic (exact) mass is 172 g/mol. The van der Waals surface area contributed by atoms with Crippen molar-refractivity contribution in [3.05, 3.63) is 0 Å². The van der Waals surface area contributed by atoms with Gasteiger partial charge in [-0.1, -0.05) is 6.42 Å². The summed E-state index contributed by atoms with van der Waals surface area (Å²) in [5.74, 6) is 0.841. The molecule has 2 heteroatoms. The Morgan fingerprint density at radius 3 is 2.27 bits per heavy atom. The Morgan fingerprint density at radius 2 is 2.00 bits per heavy atom. The third-order valence-electron chi connectivity index (χ3n) is 2.58. The minimum absolute atomic E-state index is 0.148. The molecule has 0 N–H and O–H groups in total. The summed E-state index contributed by atoms with van der Waals surface area (Å²) in [6.07, 6.45) is 5.52. The van der Waals surface area contributed by atoms with Gasteiger partial charge in [0.1, 0.15) is 0 Å². The quantitative estimate of drug-likeness (QED) is 0.650. The third-order valence-corrected chi connectivity index (χ3v) is 3.80. The van der Waals surface area contributed by atoms with Crippen molar-refractivity contribution in [3.8, 4) is 0 Å². The van der Waals surface area contributed by atoms with Crippen LogP contribution >= 0.6 is 11.8 Å². The summed E-state index contributed by atoms with van der Waals surface area (Å²) in [4.78, 5) is 11.7. The van der Waals surface area contributed by atoms with Crippen molar-refractivity contribution in [1.82, 2.24) is 0 Å². The number of Topliss-reactive ketones (excluding diaryl/α,β-unsaturated/α-hetero) is 1. The van der Waals surface area contributed by atoms with Gasteiger partial charge in [0.15, 0.2) is 5.78 Å². The van der Waals surface area contributed by atoms with Gasteiger partial charge in [0.2, 0.25) is 0 Å². The Bertz CT molecular complexity index is 159. The second-order valence-electron chi connectivity index (χ2n) is 3.71. The van der Waals surface area contributed by atoms with E-state index in [0.717, 1.165) is 12.8 Å². The van der Waals surface area contributed by atoms with Crippen LogP contribution in [0.4, 0.5) is 0 Å². The molecule has 0 aromatic heterocycles. The lowest BCUT2D eigenvalue weighted by Crippen LogP contribution is -2.36. The van der Waals surface area contributed by atoms with Crippen molar-refractivity contribution >= 4 is 17.5 Å². The Kier molecular flexibility index (Phi) is 2.63. The molecule has 1 fully saturated rings. The maximum Gasteiger partial charge on any atom is 0.151 e. The lowest BCUT2D eigenvalue weighted by Gasteiger charge is -2.31. The van der Waals surface area contributed by atoms with Crippen LogP contribution in [-0.4, -0.2) is 16.8 Å². The highest BCUT2D eigenvalue weighted by Crippen LogP contribution is 2.35. The van der Waals surface area contributed by atoms with Crippen LogP contribution in [0, 0.1) is 5.92 Å². The van der Waals surface area contributed by atoms with Gasteiger partial charge in [-0.25, -0.2) is 0 Å². The lowest BCUT2D eigenvalue weighted by molar-refractivity contribution is -0.126. The molecule has 0 saturated heterocycles. The average molecular weight is 172 g/mol. The normalized spacial score (nSPS) is 19.5. The molecule has 0 spiro atoms. The van der Waals surface area contributed by atoms with Crippen molar-refractivity contribution in [1.29, 1.82) is 0 Å². The van der Waals surface area contributed by atoms with Crippen LogP contribution in [0.5, 0.6) is 0 Å². The summed E-state index contributed by atoms with van der Waals surface area (Å²) in [6, 6.07) is 0. The van der Waals surface area contributed by atoms with Gasteiger partial charge in [-0.05, 0) is 32.9 Å². The first kappa shape index (κ1) is 9.11. The van der Waals surface area contributed by atoms with Gasteiger partial charge < -0.3 is 0 Å². The molecular weight excluding hydrogens is 156 g/mol. The van der Waals surface area contributed by atoms with E-state index in [-0.39, 0.29) is 4.75 Å². The van der Waals surface area contributed by atoms with E-state index in [1.807, 2.05) is 20.1 Å². The molecule has 1 nitrogen and oxygen atoms in total. The summed E-state index contributed by atoms with van der Waals surface area (Å²) in [5, 5.41) is 0. The Balaban J connectivity index is 2.51. The van der Waals surface area contributed by atoms with Gasteiger partial charge in [0.25, 0.3) is 0 Å². The standard InChI is InChI=1S/C9H16OS/c1-9(2,11-3)8(10)7-5-4-6-7/h7H,4-6H2,1-3H3. The molecule has 1 aliphatic rings. The predicted molar refractivity (Wildman–Crippen MR) is 49.9 cm³/mol. The summed E-state index contributed by atoms with van der Waals surface area (Å²) < 4.78 is -0.148. The zero-order valence-electron chi connectivity index (χ0n) is 7.52. The van der Waals surface area contributed by atoms with Crippen LogP contribution in [0.1, 0.15) is 33.1 Å². The van der Waals surface area contributed by atoms with E-state index >= 15 is 0 Å². The predicted octanol–water partition coefficient (Wildman–Crippen LogP) is 2.50. The van der Waals surface area contributed by atoms with Gasteiger partial charge in [-0.2, -0.15) is 11.8 Å². The number of carbonyl (C=O) groups is 1. The van der Waals surface area contributed by atoms with Crippen LogP contribution in [0.25, 0.3) is 0 Å². The molecule has 11 heavy (non-hydrogen) atoms. The maximum absolute atomic E-state index is 11.7. The fraction of sp³-hybridized carbons (Fsp3) is 0.889. The van der Waals surface area contributed by atoms with Crippen LogP contribution in [0.15, 0.2) is 0 Å². The molecule has 1 aliphatic carbocycles. The molecule has 1 saturated carbocycles. The van der Waals surface area contributed by atoms with E-state index in [1.54, 1.807) is 11.8 Å². The molecule has 0 amide bonds. The molecular formula is C9H16OS. The lowest BCUT2D eigenvalue weighted by atomic mass is 9.78. The largest absolute Gasteiger partial charge is 0.298 e.